The molecule has 1 atom stereocenters. The van der Waals surface area contributed by atoms with Crippen molar-refractivity contribution >= 4 is 21.9 Å². The highest BCUT2D eigenvalue weighted by atomic mass is 79.9. The molecule has 0 aromatic carbocycles. The monoisotopic (exact) mass is 345 g/mol. The van der Waals surface area contributed by atoms with E-state index < -0.39 is 0 Å². The van der Waals surface area contributed by atoms with Gasteiger partial charge in [-0.15, -0.1) is 0 Å². The molecule has 1 aromatic heterocycles. The number of ether oxygens (including phenoxy) is 2. The van der Waals surface area contributed by atoms with Crippen LogP contribution >= 0.6 is 15.9 Å². The Kier molecular flexibility index (Phi) is 5.17. The summed E-state index contributed by atoms with van der Waals surface area (Å²) >= 11 is 3.61. The highest BCUT2D eigenvalue weighted by Crippen LogP contribution is 2.24. The number of aryl methyl sites for hydroxylation is 2. The molecule has 0 bridgehead atoms. The minimum Gasteiger partial charge on any atom is -0.468 e. The maximum absolute atomic E-state index is 11.8. The number of methoxy groups -OCH3 is 1. The molecule has 1 saturated heterocycles. The van der Waals surface area contributed by atoms with Crippen molar-refractivity contribution in [2.45, 2.75) is 25.9 Å². The van der Waals surface area contributed by atoms with Crippen LogP contribution in [-0.2, 0) is 34.3 Å². The molecule has 0 spiro atoms. The number of carbonyl (C=O) groups excluding carboxylic acids is 1. The SMILES string of the molecule is CCc1nn(C)c(CN2CCOCC2C(=O)OC)c1Br. The van der Waals surface area contributed by atoms with Crippen molar-refractivity contribution in [3.63, 3.8) is 0 Å². The maximum atomic E-state index is 11.8. The average molecular weight is 346 g/mol. The third-order valence-corrected chi connectivity index (χ3v) is 4.48. The van der Waals surface area contributed by atoms with E-state index in [0.717, 1.165) is 22.3 Å². The number of rotatable bonds is 4. The number of esters is 1. The molecule has 6 nitrogen and oxygen atoms in total. The van der Waals surface area contributed by atoms with E-state index in [9.17, 15) is 4.79 Å². The molecule has 0 saturated carbocycles. The Morgan fingerprint density at radius 3 is 2.95 bits per heavy atom. The first kappa shape index (κ1) is 15.5. The molecule has 2 rings (SSSR count). The largest absolute Gasteiger partial charge is 0.468 e. The van der Waals surface area contributed by atoms with E-state index in [4.69, 9.17) is 9.47 Å². The molecule has 0 radical (unpaired) electrons. The van der Waals surface area contributed by atoms with Gasteiger partial charge in [-0.25, -0.2) is 0 Å². The Morgan fingerprint density at radius 1 is 1.60 bits per heavy atom. The van der Waals surface area contributed by atoms with Crippen molar-refractivity contribution in [1.82, 2.24) is 14.7 Å². The molecule has 20 heavy (non-hydrogen) atoms. The molecule has 1 aliphatic heterocycles. The second kappa shape index (κ2) is 6.69. The van der Waals surface area contributed by atoms with Crippen LogP contribution in [0.5, 0.6) is 0 Å². The van der Waals surface area contributed by atoms with Crippen molar-refractivity contribution in [2.24, 2.45) is 7.05 Å². The zero-order valence-electron chi connectivity index (χ0n) is 12.1. The molecule has 0 amide bonds. The summed E-state index contributed by atoms with van der Waals surface area (Å²) in [7, 11) is 3.33. The minimum absolute atomic E-state index is 0.251. The van der Waals surface area contributed by atoms with Crippen LogP contribution in [0.15, 0.2) is 4.47 Å². The van der Waals surface area contributed by atoms with Gasteiger partial charge in [0.25, 0.3) is 0 Å². The van der Waals surface area contributed by atoms with Gasteiger partial charge in [-0.2, -0.15) is 5.10 Å². The Morgan fingerprint density at radius 2 is 2.35 bits per heavy atom. The number of aromatic nitrogens is 2. The Bertz CT molecular complexity index is 489. The first-order valence-electron chi connectivity index (χ1n) is 6.68. The molecule has 0 aliphatic carbocycles. The lowest BCUT2D eigenvalue weighted by Gasteiger charge is -2.33. The highest BCUT2D eigenvalue weighted by molar-refractivity contribution is 9.10. The first-order valence-corrected chi connectivity index (χ1v) is 7.47. The molecule has 2 heterocycles. The van der Waals surface area contributed by atoms with E-state index in [1.54, 1.807) is 0 Å². The highest BCUT2D eigenvalue weighted by Gasteiger charge is 2.31. The van der Waals surface area contributed by atoms with E-state index in [1.165, 1.54) is 7.11 Å². The van der Waals surface area contributed by atoms with E-state index in [-0.39, 0.29) is 12.0 Å². The maximum Gasteiger partial charge on any atom is 0.325 e. The number of hydrogen-bond acceptors (Lipinski definition) is 5. The normalized spacial score (nSPS) is 20.1. The van der Waals surface area contributed by atoms with Crippen molar-refractivity contribution in [1.29, 1.82) is 0 Å². The van der Waals surface area contributed by atoms with Gasteiger partial charge >= 0.3 is 5.97 Å². The molecule has 1 aliphatic rings. The predicted octanol–water partition coefficient (Wildman–Crippen LogP) is 1.12. The van der Waals surface area contributed by atoms with Gasteiger partial charge in [0.15, 0.2) is 0 Å². The number of morpholine rings is 1. The van der Waals surface area contributed by atoms with Crippen molar-refractivity contribution in [3.05, 3.63) is 15.9 Å². The average Bonchev–Trinajstić information content (AvgIpc) is 2.74. The van der Waals surface area contributed by atoms with Gasteiger partial charge < -0.3 is 9.47 Å². The summed E-state index contributed by atoms with van der Waals surface area (Å²) in [6.07, 6.45) is 0.873. The van der Waals surface area contributed by atoms with Gasteiger partial charge in [0.1, 0.15) is 6.04 Å². The Balaban J connectivity index is 2.18. The fourth-order valence-corrected chi connectivity index (χ4v) is 3.11. The van der Waals surface area contributed by atoms with Gasteiger partial charge in [-0.05, 0) is 22.4 Å². The lowest BCUT2D eigenvalue weighted by molar-refractivity contribution is -0.153. The van der Waals surface area contributed by atoms with Crippen LogP contribution in [0.2, 0.25) is 0 Å². The zero-order chi connectivity index (χ0) is 14.7. The fraction of sp³-hybridized carbons (Fsp3) is 0.692. The third kappa shape index (κ3) is 3.05. The topological polar surface area (TPSA) is 56.6 Å². The lowest BCUT2D eigenvalue weighted by Crippen LogP contribution is -2.50. The van der Waals surface area contributed by atoms with Crippen molar-refractivity contribution in [2.75, 3.05) is 26.9 Å². The quantitative estimate of drug-likeness (QED) is 0.765. The van der Waals surface area contributed by atoms with Gasteiger partial charge in [0.05, 0.1) is 36.2 Å². The minimum atomic E-state index is -0.347. The summed E-state index contributed by atoms with van der Waals surface area (Å²) in [4.78, 5) is 13.9. The summed E-state index contributed by atoms with van der Waals surface area (Å²) < 4.78 is 13.1. The van der Waals surface area contributed by atoms with Crippen LogP contribution < -0.4 is 0 Å². The number of carbonyl (C=O) groups is 1. The van der Waals surface area contributed by atoms with E-state index in [0.29, 0.717) is 26.3 Å². The summed E-state index contributed by atoms with van der Waals surface area (Å²) in [5.41, 5.74) is 2.10. The second-order valence-corrected chi connectivity index (χ2v) is 5.56. The van der Waals surface area contributed by atoms with E-state index in [2.05, 4.69) is 32.9 Å². The van der Waals surface area contributed by atoms with Crippen molar-refractivity contribution < 1.29 is 14.3 Å². The van der Waals surface area contributed by atoms with Crippen LogP contribution in [0.3, 0.4) is 0 Å². The van der Waals surface area contributed by atoms with Gasteiger partial charge in [-0.3, -0.25) is 14.4 Å². The molecular weight excluding hydrogens is 326 g/mol. The molecule has 112 valence electrons. The smallest absolute Gasteiger partial charge is 0.325 e. The molecule has 7 heteroatoms. The van der Waals surface area contributed by atoms with Gasteiger partial charge in [-0.1, -0.05) is 6.92 Å². The summed E-state index contributed by atoms with van der Waals surface area (Å²) in [5.74, 6) is -0.251. The van der Waals surface area contributed by atoms with Crippen LogP contribution in [-0.4, -0.2) is 53.6 Å². The fourth-order valence-electron chi connectivity index (χ4n) is 2.36. The first-order chi connectivity index (χ1) is 9.58. The predicted molar refractivity (Wildman–Crippen MR) is 77.3 cm³/mol. The van der Waals surface area contributed by atoms with Gasteiger partial charge in [0, 0.05) is 20.1 Å². The Hall–Kier alpha value is -0.920. The van der Waals surface area contributed by atoms with Crippen LogP contribution in [0, 0.1) is 0 Å². The van der Waals surface area contributed by atoms with E-state index >= 15 is 0 Å². The molecule has 1 fully saturated rings. The summed E-state index contributed by atoms with van der Waals surface area (Å²) in [5, 5.41) is 4.48. The number of hydrogen-bond donors (Lipinski definition) is 0. The molecule has 1 aromatic rings. The van der Waals surface area contributed by atoms with E-state index in [1.807, 2.05) is 11.7 Å². The number of nitrogens with zero attached hydrogens (tertiary/aromatic N) is 3. The zero-order valence-corrected chi connectivity index (χ0v) is 13.6. The standard InChI is InChI=1S/C13H20BrN3O3/c1-4-9-12(14)10(16(2)15-9)7-17-5-6-20-8-11(17)13(18)19-3/h11H,4-8H2,1-3H3. The Labute approximate surface area is 127 Å². The van der Waals surface area contributed by atoms with Crippen LogP contribution in [0.4, 0.5) is 0 Å². The third-order valence-electron chi connectivity index (χ3n) is 3.57. The van der Waals surface area contributed by atoms with Crippen LogP contribution in [0.1, 0.15) is 18.3 Å². The van der Waals surface area contributed by atoms with Gasteiger partial charge in [0.2, 0.25) is 0 Å². The summed E-state index contributed by atoms with van der Waals surface area (Å²) in [6, 6.07) is -0.347. The van der Waals surface area contributed by atoms with Crippen LogP contribution in [0.25, 0.3) is 0 Å². The summed E-state index contributed by atoms with van der Waals surface area (Å²) in [6.45, 7) is 4.43. The molecular formula is C13H20BrN3O3. The molecule has 0 N–H and O–H groups in total. The lowest BCUT2D eigenvalue weighted by atomic mass is 10.2. The van der Waals surface area contributed by atoms with Crippen molar-refractivity contribution in [3.8, 4) is 0 Å². The number of halogens is 1. The molecule has 1 unspecified atom stereocenters. The second-order valence-electron chi connectivity index (χ2n) is 4.77.